The zero-order chi connectivity index (χ0) is 10.4. The minimum atomic E-state index is -1.12. The normalized spacial score (nSPS) is 19.4. The molecule has 0 fully saturated rings. The van der Waals surface area contributed by atoms with Gasteiger partial charge in [-0.3, -0.25) is 9.79 Å². The number of nitrogens with zero attached hydrogens (tertiary/aromatic N) is 1. The highest BCUT2D eigenvalue weighted by Gasteiger charge is 2.11. The van der Waals surface area contributed by atoms with Gasteiger partial charge in [-0.05, 0) is 12.8 Å². The fourth-order valence-electron chi connectivity index (χ4n) is 1.33. The van der Waals surface area contributed by atoms with Crippen LogP contribution in [0.4, 0.5) is 0 Å². The van der Waals surface area contributed by atoms with E-state index in [-0.39, 0.29) is 6.54 Å². The molecule has 0 aromatic carbocycles. The summed E-state index contributed by atoms with van der Waals surface area (Å²) in [7, 11) is 0. The molecule has 1 aliphatic heterocycles. The Hall–Kier alpha value is -1.10. The van der Waals surface area contributed by atoms with Crippen molar-refractivity contribution in [2.24, 2.45) is 10.7 Å². The summed E-state index contributed by atoms with van der Waals surface area (Å²) >= 11 is 0. The minimum Gasteiger partial charge on any atom is -0.381 e. The van der Waals surface area contributed by atoms with Gasteiger partial charge in [0.1, 0.15) is 6.10 Å². The van der Waals surface area contributed by atoms with Crippen LogP contribution in [0.3, 0.4) is 0 Å². The fraction of sp³-hybridized carbons (Fsp3) is 0.778. The maximum atomic E-state index is 10.5. The Labute approximate surface area is 83.4 Å². The van der Waals surface area contributed by atoms with Gasteiger partial charge in [-0.25, -0.2) is 0 Å². The number of hydrogen-bond acceptors (Lipinski definition) is 4. The SMILES string of the molecule is NC(=O)C(O)CNC1=NCCCCC1. The van der Waals surface area contributed by atoms with Gasteiger partial charge in [0.05, 0.1) is 12.4 Å². The summed E-state index contributed by atoms with van der Waals surface area (Å²) in [6.45, 7) is 0.989. The zero-order valence-electron chi connectivity index (χ0n) is 8.20. The summed E-state index contributed by atoms with van der Waals surface area (Å²) in [5.41, 5.74) is 4.91. The number of primary amides is 1. The van der Waals surface area contributed by atoms with Crippen molar-refractivity contribution in [3.05, 3.63) is 0 Å². The van der Waals surface area contributed by atoms with Crippen LogP contribution in [0.2, 0.25) is 0 Å². The van der Waals surface area contributed by atoms with Crippen molar-refractivity contribution in [1.29, 1.82) is 0 Å². The lowest BCUT2D eigenvalue weighted by Crippen LogP contribution is -2.39. The largest absolute Gasteiger partial charge is 0.381 e. The van der Waals surface area contributed by atoms with Crippen LogP contribution in [0, 0.1) is 0 Å². The summed E-state index contributed by atoms with van der Waals surface area (Å²) < 4.78 is 0. The predicted molar refractivity (Wildman–Crippen MR) is 54.0 cm³/mol. The van der Waals surface area contributed by atoms with Crippen LogP contribution in [-0.4, -0.2) is 36.0 Å². The van der Waals surface area contributed by atoms with Crippen molar-refractivity contribution in [3.8, 4) is 0 Å². The second-order valence-electron chi connectivity index (χ2n) is 3.44. The number of aliphatic imine (C=N–C) groups is 1. The van der Waals surface area contributed by atoms with Crippen LogP contribution in [0.5, 0.6) is 0 Å². The Bertz CT molecular complexity index is 228. The lowest BCUT2D eigenvalue weighted by molar-refractivity contribution is -0.125. The maximum Gasteiger partial charge on any atom is 0.248 e. The van der Waals surface area contributed by atoms with Crippen LogP contribution in [0.15, 0.2) is 4.99 Å². The van der Waals surface area contributed by atoms with Crippen molar-refractivity contribution >= 4 is 11.7 Å². The molecule has 0 saturated carbocycles. The van der Waals surface area contributed by atoms with Crippen molar-refractivity contribution in [2.75, 3.05) is 13.1 Å². The first-order valence-corrected chi connectivity index (χ1v) is 4.94. The summed E-state index contributed by atoms with van der Waals surface area (Å²) in [5, 5.41) is 12.1. The molecule has 0 aromatic heterocycles. The first-order chi connectivity index (χ1) is 6.70. The van der Waals surface area contributed by atoms with Crippen molar-refractivity contribution in [3.63, 3.8) is 0 Å². The van der Waals surface area contributed by atoms with Crippen molar-refractivity contribution < 1.29 is 9.90 Å². The molecule has 5 heteroatoms. The van der Waals surface area contributed by atoms with Crippen LogP contribution in [0.1, 0.15) is 25.7 Å². The minimum absolute atomic E-state index is 0.161. The lowest BCUT2D eigenvalue weighted by Gasteiger charge is -2.10. The molecule has 14 heavy (non-hydrogen) atoms. The van der Waals surface area contributed by atoms with Crippen LogP contribution < -0.4 is 11.1 Å². The average Bonchev–Trinajstić information content (AvgIpc) is 2.42. The third kappa shape index (κ3) is 3.74. The molecule has 0 bridgehead atoms. The number of hydrogen-bond donors (Lipinski definition) is 3. The molecule has 4 N–H and O–H groups in total. The van der Waals surface area contributed by atoms with Gasteiger partial charge < -0.3 is 16.2 Å². The molecular formula is C9H17N3O2. The Kier molecular flexibility index (Phi) is 4.39. The standard InChI is InChI=1S/C9H17N3O2/c10-9(14)7(13)6-12-8-4-2-1-3-5-11-8/h7,13H,1-6H2,(H2,10,14)(H,11,12). The van der Waals surface area contributed by atoms with Gasteiger partial charge in [0, 0.05) is 13.0 Å². The van der Waals surface area contributed by atoms with E-state index in [1.54, 1.807) is 0 Å². The summed E-state index contributed by atoms with van der Waals surface area (Å²) in [6, 6.07) is 0. The molecule has 1 amide bonds. The van der Waals surface area contributed by atoms with E-state index in [0.29, 0.717) is 0 Å². The number of amides is 1. The summed E-state index contributed by atoms with van der Waals surface area (Å²) in [4.78, 5) is 14.8. The van der Waals surface area contributed by atoms with Gasteiger partial charge in [-0.1, -0.05) is 6.42 Å². The number of carbonyl (C=O) groups excluding carboxylic acids is 1. The van der Waals surface area contributed by atoms with E-state index in [0.717, 1.165) is 31.6 Å². The smallest absolute Gasteiger partial charge is 0.248 e. The van der Waals surface area contributed by atoms with E-state index in [1.807, 2.05) is 0 Å². The Morgan fingerprint density at radius 2 is 2.36 bits per heavy atom. The highest BCUT2D eigenvalue weighted by atomic mass is 16.3. The Morgan fingerprint density at radius 1 is 1.57 bits per heavy atom. The molecule has 1 aliphatic rings. The van der Waals surface area contributed by atoms with Crippen LogP contribution in [-0.2, 0) is 4.79 Å². The summed E-state index contributed by atoms with van der Waals surface area (Å²) in [5.74, 6) is 0.175. The third-order valence-electron chi connectivity index (χ3n) is 2.20. The molecular weight excluding hydrogens is 182 g/mol. The number of rotatable bonds is 3. The average molecular weight is 199 g/mol. The molecule has 0 aliphatic carbocycles. The van der Waals surface area contributed by atoms with Gasteiger partial charge in [0.25, 0.3) is 0 Å². The quantitative estimate of drug-likeness (QED) is 0.567. The first kappa shape index (κ1) is 11.0. The molecule has 1 atom stereocenters. The van der Waals surface area contributed by atoms with E-state index in [1.165, 1.54) is 6.42 Å². The molecule has 1 unspecified atom stereocenters. The Balaban J connectivity index is 2.29. The van der Waals surface area contributed by atoms with Gasteiger partial charge in [0.2, 0.25) is 5.91 Å². The van der Waals surface area contributed by atoms with E-state index in [2.05, 4.69) is 10.3 Å². The second kappa shape index (κ2) is 5.59. The number of amidine groups is 1. The second-order valence-corrected chi connectivity index (χ2v) is 3.44. The molecule has 0 saturated heterocycles. The molecule has 1 rings (SSSR count). The van der Waals surface area contributed by atoms with Gasteiger partial charge in [-0.2, -0.15) is 0 Å². The van der Waals surface area contributed by atoms with Crippen LogP contribution >= 0.6 is 0 Å². The Morgan fingerprint density at radius 3 is 3.07 bits per heavy atom. The van der Waals surface area contributed by atoms with Crippen molar-refractivity contribution in [1.82, 2.24) is 5.32 Å². The third-order valence-corrected chi connectivity index (χ3v) is 2.20. The molecule has 0 aromatic rings. The number of aliphatic hydroxyl groups is 1. The van der Waals surface area contributed by atoms with E-state index >= 15 is 0 Å². The zero-order valence-corrected chi connectivity index (χ0v) is 8.20. The number of nitrogens with one attached hydrogen (secondary N) is 1. The van der Waals surface area contributed by atoms with Crippen LogP contribution in [0.25, 0.3) is 0 Å². The number of aliphatic hydroxyl groups excluding tert-OH is 1. The lowest BCUT2D eigenvalue weighted by atomic mass is 10.2. The molecule has 0 radical (unpaired) electrons. The molecule has 0 spiro atoms. The monoisotopic (exact) mass is 199 g/mol. The van der Waals surface area contributed by atoms with Gasteiger partial charge in [-0.15, -0.1) is 0 Å². The van der Waals surface area contributed by atoms with E-state index < -0.39 is 12.0 Å². The van der Waals surface area contributed by atoms with E-state index in [4.69, 9.17) is 10.8 Å². The first-order valence-electron chi connectivity index (χ1n) is 4.94. The highest BCUT2D eigenvalue weighted by Crippen LogP contribution is 2.05. The van der Waals surface area contributed by atoms with Gasteiger partial charge in [0.15, 0.2) is 0 Å². The van der Waals surface area contributed by atoms with Crippen molar-refractivity contribution in [2.45, 2.75) is 31.8 Å². The maximum absolute atomic E-state index is 10.5. The number of carbonyl (C=O) groups is 1. The summed E-state index contributed by atoms with van der Waals surface area (Å²) in [6.07, 6.45) is 3.18. The van der Waals surface area contributed by atoms with E-state index in [9.17, 15) is 4.79 Å². The fourth-order valence-corrected chi connectivity index (χ4v) is 1.33. The highest BCUT2D eigenvalue weighted by molar-refractivity contribution is 5.84. The topological polar surface area (TPSA) is 87.7 Å². The predicted octanol–water partition coefficient (Wildman–Crippen LogP) is -0.605. The van der Waals surface area contributed by atoms with Gasteiger partial charge >= 0.3 is 0 Å². The number of nitrogens with two attached hydrogens (primary N) is 1. The molecule has 1 heterocycles. The molecule has 5 nitrogen and oxygen atoms in total. The molecule has 80 valence electrons.